The number of nitrogens with zero attached hydrogens (tertiary/aromatic N) is 2. The van der Waals surface area contributed by atoms with E-state index in [0.29, 0.717) is 0 Å². The van der Waals surface area contributed by atoms with Gasteiger partial charge in [0.25, 0.3) is 6.71 Å². The molecule has 0 unspecified atom stereocenters. The molecule has 3 heterocycles. The maximum absolute atomic E-state index is 8.68. The second kappa shape index (κ2) is 12.3. The van der Waals surface area contributed by atoms with Crippen LogP contribution in [0.1, 0.15) is 134 Å². The summed E-state index contributed by atoms with van der Waals surface area (Å²) in [6, 6.07) is 30.9. The number of hydrogen-bond donors (Lipinski definition) is 0. The molecule has 0 saturated carbocycles. The SMILES string of the molecule is [2H]C([2H])([2H])c1ccc(N2c3ccc(C([2H])([2H])[2H])cc3B3c4c2cc(-c2c(C)cccc2C)cc4N(c2ccc4c(c2)C(C)(C)CCC4(C)C)c2oc4c(c23)C(C)(C)CCC4(C)C)cc1. The zero-order chi connectivity index (χ0) is 45.8. The van der Waals surface area contributed by atoms with Gasteiger partial charge in [0.1, 0.15) is 5.76 Å². The van der Waals surface area contributed by atoms with Crippen LogP contribution in [0.3, 0.4) is 0 Å². The van der Waals surface area contributed by atoms with Gasteiger partial charge in [-0.2, -0.15) is 0 Å². The summed E-state index contributed by atoms with van der Waals surface area (Å²) in [5.41, 5.74) is 16.2. The van der Waals surface area contributed by atoms with Crippen molar-refractivity contribution in [1.29, 1.82) is 0 Å². The fraction of sp³-hybridized carbons (Fsp3) is 0.370. The van der Waals surface area contributed by atoms with Crippen molar-refractivity contribution in [3.8, 4) is 11.1 Å². The molecule has 4 heteroatoms. The second-order valence-electron chi connectivity index (χ2n) is 20.4. The average molecular weight is 769 g/mol. The summed E-state index contributed by atoms with van der Waals surface area (Å²) >= 11 is 0. The topological polar surface area (TPSA) is 19.6 Å². The molecule has 10 rings (SSSR count). The molecule has 2 aliphatic heterocycles. The molecule has 0 fully saturated rings. The van der Waals surface area contributed by atoms with Crippen LogP contribution in [0, 0.1) is 27.6 Å². The van der Waals surface area contributed by atoms with Gasteiger partial charge in [0.2, 0.25) is 0 Å². The van der Waals surface area contributed by atoms with E-state index >= 15 is 0 Å². The predicted octanol–water partition coefficient (Wildman–Crippen LogP) is 13.0. The lowest BCUT2D eigenvalue weighted by Gasteiger charge is -2.45. The maximum atomic E-state index is 8.68. The molecule has 0 spiro atoms. The van der Waals surface area contributed by atoms with E-state index in [9.17, 15) is 0 Å². The van der Waals surface area contributed by atoms with Gasteiger partial charge >= 0.3 is 0 Å². The van der Waals surface area contributed by atoms with E-state index in [1.54, 1.807) is 18.2 Å². The molecule has 0 bridgehead atoms. The lowest BCUT2D eigenvalue weighted by Crippen LogP contribution is -2.62. The van der Waals surface area contributed by atoms with Gasteiger partial charge in [0, 0.05) is 42.1 Å². The Balaban J connectivity index is 1.38. The van der Waals surface area contributed by atoms with Crippen molar-refractivity contribution in [3.05, 3.63) is 136 Å². The highest BCUT2D eigenvalue weighted by Gasteiger charge is 2.53. The molecule has 58 heavy (non-hydrogen) atoms. The van der Waals surface area contributed by atoms with Gasteiger partial charge < -0.3 is 9.32 Å². The van der Waals surface area contributed by atoms with Crippen molar-refractivity contribution in [3.63, 3.8) is 0 Å². The first-order valence-corrected chi connectivity index (χ1v) is 21.2. The molecule has 0 N–H and O–H groups in total. The van der Waals surface area contributed by atoms with Gasteiger partial charge in [0.15, 0.2) is 5.88 Å². The third kappa shape index (κ3) is 5.32. The number of fused-ring (bicyclic) bond motifs is 7. The number of aryl methyl sites for hydroxylation is 4. The zero-order valence-corrected chi connectivity index (χ0v) is 35.9. The summed E-state index contributed by atoms with van der Waals surface area (Å²) in [4.78, 5) is 4.62. The first-order valence-electron chi connectivity index (χ1n) is 24.2. The minimum absolute atomic E-state index is 0.0284. The Morgan fingerprint density at radius 3 is 1.86 bits per heavy atom. The maximum Gasteiger partial charge on any atom is 0.256 e. The second-order valence-corrected chi connectivity index (χ2v) is 20.4. The fourth-order valence-electron chi connectivity index (χ4n) is 11.1. The predicted molar refractivity (Wildman–Crippen MR) is 248 cm³/mol. The summed E-state index contributed by atoms with van der Waals surface area (Å²) in [5.74, 6) is 1.79. The Morgan fingerprint density at radius 1 is 0.569 bits per heavy atom. The molecule has 0 amide bonds. The van der Waals surface area contributed by atoms with Crippen LogP contribution in [0.5, 0.6) is 0 Å². The van der Waals surface area contributed by atoms with Crippen LogP contribution in [0.25, 0.3) is 11.1 Å². The third-order valence-electron chi connectivity index (χ3n) is 14.6. The number of rotatable bonds is 3. The number of furan rings is 1. The van der Waals surface area contributed by atoms with Gasteiger partial charge in [-0.25, -0.2) is 0 Å². The third-order valence-corrected chi connectivity index (χ3v) is 14.6. The molecule has 0 atom stereocenters. The van der Waals surface area contributed by atoms with E-state index in [2.05, 4.69) is 128 Å². The van der Waals surface area contributed by atoms with Crippen LogP contribution >= 0.6 is 0 Å². The Morgan fingerprint density at radius 2 is 1.17 bits per heavy atom. The Hall–Kier alpha value is -4.96. The highest BCUT2D eigenvalue weighted by atomic mass is 16.4. The van der Waals surface area contributed by atoms with Gasteiger partial charge in [-0.05, 0) is 167 Å². The van der Waals surface area contributed by atoms with Crippen LogP contribution in [0.2, 0.25) is 0 Å². The summed E-state index contributed by atoms with van der Waals surface area (Å²) in [5, 5.41) is 0. The highest BCUT2D eigenvalue weighted by molar-refractivity contribution is 7.00. The Kier molecular flexibility index (Phi) is 6.58. The molecule has 2 aliphatic carbocycles. The number of benzene rings is 5. The van der Waals surface area contributed by atoms with E-state index in [1.807, 2.05) is 24.3 Å². The molecule has 5 aromatic carbocycles. The van der Waals surface area contributed by atoms with Crippen LogP contribution in [0.4, 0.5) is 34.3 Å². The largest absolute Gasteiger partial charge is 0.444 e. The number of anilines is 6. The molecule has 4 aliphatic rings. The average Bonchev–Trinajstić information content (AvgIpc) is 3.63. The summed E-state index contributed by atoms with van der Waals surface area (Å²) in [7, 11) is 0. The molecule has 0 radical (unpaired) electrons. The van der Waals surface area contributed by atoms with Crippen molar-refractivity contribution in [2.24, 2.45) is 0 Å². The zero-order valence-electron chi connectivity index (χ0n) is 41.9. The lowest BCUT2D eigenvalue weighted by atomic mass is 9.32. The Labute approximate surface area is 356 Å². The van der Waals surface area contributed by atoms with Crippen molar-refractivity contribution in [2.45, 2.75) is 130 Å². The minimum atomic E-state index is -2.35. The monoisotopic (exact) mass is 769 g/mol. The van der Waals surface area contributed by atoms with Crippen molar-refractivity contribution in [2.75, 3.05) is 9.80 Å². The quantitative estimate of drug-likeness (QED) is 0.167. The smallest absolute Gasteiger partial charge is 0.256 e. The Bertz CT molecular complexity index is 2900. The van der Waals surface area contributed by atoms with Crippen molar-refractivity contribution < 1.29 is 12.6 Å². The van der Waals surface area contributed by atoms with Crippen molar-refractivity contribution in [1.82, 2.24) is 0 Å². The van der Waals surface area contributed by atoms with Crippen LogP contribution < -0.4 is 26.2 Å². The lowest BCUT2D eigenvalue weighted by molar-refractivity contribution is 0.280. The summed E-state index contributed by atoms with van der Waals surface area (Å²) < 4.78 is 58.2. The van der Waals surface area contributed by atoms with E-state index in [-0.39, 0.29) is 39.5 Å². The molecular weight excluding hydrogens is 703 g/mol. The first-order chi connectivity index (χ1) is 29.8. The van der Waals surface area contributed by atoms with Crippen molar-refractivity contribution >= 4 is 57.4 Å². The fourth-order valence-corrected chi connectivity index (χ4v) is 11.1. The molecular formula is C54H59BN2O. The van der Waals surface area contributed by atoms with E-state index < -0.39 is 13.7 Å². The summed E-state index contributed by atoms with van der Waals surface area (Å²) in [6.07, 6.45) is 4.14. The molecule has 6 aromatic rings. The molecule has 1 aromatic heterocycles. The number of hydrogen-bond acceptors (Lipinski definition) is 3. The normalized spacial score (nSPS) is 20.8. The standard InChI is InChI=1S/C54H59BN2O/c1-32-16-19-37(20-17-32)56-42-23-18-33(2)28-41(42)55-47-43(56)29-36(45-34(3)14-13-15-35(45)4)30-44(47)57(38-21-22-39-40(31-38)52(7,8)25-24-51(39,5)6)50-48(55)46-49(58-50)54(11,12)27-26-53(46,9)10/h13-23,28-31H,24-27H2,1-12H3/i1D3,2D3. The van der Waals surface area contributed by atoms with Gasteiger partial charge in [-0.1, -0.05) is 115 Å². The summed E-state index contributed by atoms with van der Waals surface area (Å²) in [6.45, 7) is 18.1. The molecule has 0 saturated heterocycles. The van der Waals surface area contributed by atoms with E-state index in [0.717, 1.165) is 104 Å². The van der Waals surface area contributed by atoms with E-state index in [4.69, 9.17) is 12.6 Å². The highest BCUT2D eigenvalue weighted by Crippen LogP contribution is 2.54. The van der Waals surface area contributed by atoms with E-state index in [1.165, 1.54) is 16.7 Å². The van der Waals surface area contributed by atoms with Gasteiger partial charge in [-0.15, -0.1) is 0 Å². The van der Waals surface area contributed by atoms with Crippen LogP contribution in [-0.2, 0) is 21.7 Å². The first kappa shape index (κ1) is 31.0. The van der Waals surface area contributed by atoms with Crippen LogP contribution in [-0.4, -0.2) is 6.71 Å². The van der Waals surface area contributed by atoms with Gasteiger partial charge in [0.05, 0.1) is 0 Å². The molecule has 3 nitrogen and oxygen atoms in total. The van der Waals surface area contributed by atoms with Gasteiger partial charge in [-0.3, -0.25) is 4.90 Å². The molecule has 294 valence electrons. The minimum Gasteiger partial charge on any atom is -0.444 e. The van der Waals surface area contributed by atoms with Crippen LogP contribution in [0.15, 0.2) is 95.4 Å².